The van der Waals surface area contributed by atoms with E-state index in [4.69, 9.17) is 9.47 Å². The predicted molar refractivity (Wildman–Crippen MR) is 170 cm³/mol. The molecule has 0 atom stereocenters. The van der Waals surface area contributed by atoms with E-state index in [1.54, 1.807) is 31.0 Å². The first kappa shape index (κ1) is 34.7. The quantitative estimate of drug-likeness (QED) is 0.0749. The Bertz CT molecular complexity index is 1100. The van der Waals surface area contributed by atoms with E-state index < -0.39 is 0 Å². The van der Waals surface area contributed by atoms with Crippen molar-refractivity contribution in [2.24, 2.45) is 0 Å². The van der Waals surface area contributed by atoms with Crippen LogP contribution in [0.15, 0.2) is 95.3 Å². The monoisotopic (exact) mass is 566 g/mol. The highest BCUT2D eigenvalue weighted by Gasteiger charge is 2.11. The summed E-state index contributed by atoms with van der Waals surface area (Å²) in [5.41, 5.74) is 3.91. The fraction of sp³-hybridized carbons (Fsp3) is 0.406. The summed E-state index contributed by atoms with van der Waals surface area (Å²) in [4.78, 5) is 15.0. The molecule has 0 aliphatic heterocycles. The molecular weight excluding hydrogens is 520 g/mol. The molecule has 0 aromatic carbocycles. The molecule has 1 aromatic rings. The number of allylic oxidation sites excluding steroid dienone is 6. The summed E-state index contributed by atoms with van der Waals surface area (Å²) in [7, 11) is 3.61. The Morgan fingerprint density at radius 3 is 2.45 bits per heavy atom. The smallest absolute Gasteiger partial charge is 0.229 e. The number of methoxy groups -OCH3 is 1. The van der Waals surface area contributed by atoms with Crippen LogP contribution in [-0.2, 0) is 20.7 Å². The van der Waals surface area contributed by atoms with Crippen LogP contribution in [0.5, 0.6) is 0 Å². The molecule has 1 N–H and O–H groups in total. The maximum Gasteiger partial charge on any atom is 0.229 e. The van der Waals surface area contributed by atoms with Crippen LogP contribution < -0.4 is 5.32 Å². The van der Waals surface area contributed by atoms with Gasteiger partial charge in [-0.15, -0.1) is 5.10 Å². The first-order valence-electron chi connectivity index (χ1n) is 13.4. The Balaban J connectivity index is 2.44. The van der Waals surface area contributed by atoms with Crippen LogP contribution >= 0.6 is 11.8 Å². The Morgan fingerprint density at radius 2 is 1.85 bits per heavy atom. The van der Waals surface area contributed by atoms with E-state index in [2.05, 4.69) is 41.8 Å². The number of unbranched alkanes of at least 4 members (excludes halogenated alkanes) is 1. The van der Waals surface area contributed by atoms with Gasteiger partial charge in [-0.25, -0.2) is 0 Å². The number of rotatable bonds is 20. The predicted octanol–water partition coefficient (Wildman–Crippen LogP) is 7.72. The number of ether oxygens (including phenoxy) is 2. The number of hydrogen-bond acceptors (Lipinski definition) is 7. The highest BCUT2D eigenvalue weighted by atomic mass is 32.2. The standard InChI is InChI=1S/C32H46N4O3S/c1-10-24(4)21-32(37)33-31-18-17-29(34-35-31)16-14-13-15-26(6)40-27(7)36(8)25(5)22-28(11-2)23-30(12-3)39-20-19-38-9/h10-12,17-18,23H,3,5-7,13-16,19-22H2,1-2,4,8-9H3,(H,33,35,37)/b24-10+,28-11-,30-23+. The molecule has 0 bridgehead atoms. The van der Waals surface area contributed by atoms with Crippen molar-refractivity contribution in [3.63, 3.8) is 0 Å². The number of aromatic nitrogens is 2. The van der Waals surface area contributed by atoms with Crippen LogP contribution in [0.2, 0.25) is 0 Å². The number of hydrogen-bond donors (Lipinski definition) is 1. The molecule has 0 fully saturated rings. The van der Waals surface area contributed by atoms with Crippen molar-refractivity contribution in [3.8, 4) is 0 Å². The number of aryl methyl sites for hydroxylation is 1. The third-order valence-corrected chi connectivity index (χ3v) is 7.03. The van der Waals surface area contributed by atoms with Crippen molar-refractivity contribution in [3.05, 3.63) is 101 Å². The number of carbonyl (C=O) groups excluding carboxylic acids is 1. The Labute approximate surface area is 245 Å². The van der Waals surface area contributed by atoms with Gasteiger partial charge in [0.15, 0.2) is 5.82 Å². The van der Waals surface area contributed by atoms with Gasteiger partial charge >= 0.3 is 0 Å². The molecular formula is C32H46N4O3S. The molecule has 0 unspecified atom stereocenters. The first-order valence-corrected chi connectivity index (χ1v) is 14.3. The van der Waals surface area contributed by atoms with E-state index >= 15 is 0 Å². The molecule has 0 radical (unpaired) electrons. The first-order chi connectivity index (χ1) is 19.1. The molecule has 0 aliphatic carbocycles. The zero-order valence-corrected chi connectivity index (χ0v) is 25.7. The van der Waals surface area contributed by atoms with E-state index in [1.165, 1.54) is 0 Å². The van der Waals surface area contributed by atoms with Crippen molar-refractivity contribution in [2.45, 2.75) is 59.3 Å². The Kier molecular flexibility index (Phi) is 17.0. The van der Waals surface area contributed by atoms with E-state index in [-0.39, 0.29) is 5.91 Å². The van der Waals surface area contributed by atoms with Crippen molar-refractivity contribution < 1.29 is 14.3 Å². The van der Waals surface area contributed by atoms with Crippen LogP contribution in [0.3, 0.4) is 0 Å². The third-order valence-electron chi connectivity index (χ3n) is 6.03. The van der Waals surface area contributed by atoms with Crippen LogP contribution in [0.4, 0.5) is 5.82 Å². The van der Waals surface area contributed by atoms with E-state index in [0.717, 1.165) is 58.2 Å². The lowest BCUT2D eigenvalue weighted by molar-refractivity contribution is -0.115. The molecule has 0 aliphatic rings. The van der Waals surface area contributed by atoms with Gasteiger partial charge in [-0.3, -0.25) is 4.79 Å². The van der Waals surface area contributed by atoms with Gasteiger partial charge in [-0.1, -0.05) is 55.8 Å². The largest absolute Gasteiger partial charge is 0.491 e. The van der Waals surface area contributed by atoms with Crippen molar-refractivity contribution in [2.75, 3.05) is 32.7 Å². The maximum atomic E-state index is 12.0. The molecule has 40 heavy (non-hydrogen) atoms. The second-order valence-electron chi connectivity index (χ2n) is 9.27. The van der Waals surface area contributed by atoms with Crippen molar-refractivity contribution in [1.82, 2.24) is 15.1 Å². The molecule has 0 saturated carbocycles. The van der Waals surface area contributed by atoms with Gasteiger partial charge in [0.05, 0.1) is 17.3 Å². The molecule has 0 saturated heterocycles. The number of amides is 1. The van der Waals surface area contributed by atoms with Gasteiger partial charge in [-0.05, 0) is 81.2 Å². The molecule has 1 heterocycles. The minimum Gasteiger partial charge on any atom is -0.491 e. The van der Waals surface area contributed by atoms with Crippen molar-refractivity contribution in [1.29, 1.82) is 0 Å². The van der Waals surface area contributed by atoms with Gasteiger partial charge in [0.1, 0.15) is 12.4 Å². The molecule has 1 rings (SSSR count). The zero-order valence-electron chi connectivity index (χ0n) is 24.9. The summed E-state index contributed by atoms with van der Waals surface area (Å²) in [6.07, 6.45) is 12.3. The van der Waals surface area contributed by atoms with E-state index in [0.29, 0.717) is 37.6 Å². The van der Waals surface area contributed by atoms with E-state index in [9.17, 15) is 4.79 Å². The topological polar surface area (TPSA) is 76.6 Å². The number of nitrogens with zero attached hydrogens (tertiary/aromatic N) is 3. The fourth-order valence-corrected chi connectivity index (χ4v) is 4.21. The highest BCUT2D eigenvalue weighted by Crippen LogP contribution is 2.31. The molecule has 0 spiro atoms. The number of thioether (sulfide) groups is 1. The summed E-state index contributed by atoms with van der Waals surface area (Å²) in [6, 6.07) is 3.71. The van der Waals surface area contributed by atoms with Crippen LogP contribution in [0.1, 0.15) is 58.6 Å². The minimum atomic E-state index is -0.0891. The van der Waals surface area contributed by atoms with Crippen LogP contribution in [-0.4, -0.2) is 48.4 Å². The summed E-state index contributed by atoms with van der Waals surface area (Å²) in [6.45, 7) is 23.4. The minimum absolute atomic E-state index is 0.0891. The normalized spacial score (nSPS) is 12.1. The maximum absolute atomic E-state index is 12.0. The Hall–Kier alpha value is -3.36. The molecule has 7 nitrogen and oxygen atoms in total. The number of carbonyl (C=O) groups is 1. The highest BCUT2D eigenvalue weighted by molar-refractivity contribution is 8.06. The van der Waals surface area contributed by atoms with E-state index in [1.807, 2.05) is 57.0 Å². The van der Waals surface area contributed by atoms with Crippen molar-refractivity contribution >= 4 is 23.5 Å². The second kappa shape index (κ2) is 19.7. The summed E-state index contributed by atoms with van der Waals surface area (Å²) >= 11 is 1.58. The van der Waals surface area contributed by atoms with Gasteiger partial charge in [0.2, 0.25) is 5.91 Å². The molecule has 8 heteroatoms. The average molecular weight is 567 g/mol. The second-order valence-corrected chi connectivity index (χ2v) is 10.5. The lowest BCUT2D eigenvalue weighted by atomic mass is 10.1. The summed E-state index contributed by atoms with van der Waals surface area (Å²) in [5.74, 6) is 1.08. The summed E-state index contributed by atoms with van der Waals surface area (Å²) < 4.78 is 10.7. The lowest BCUT2D eigenvalue weighted by Crippen LogP contribution is -2.14. The third kappa shape index (κ3) is 14.1. The van der Waals surface area contributed by atoms with Crippen LogP contribution in [0.25, 0.3) is 0 Å². The molecule has 218 valence electrons. The average Bonchev–Trinajstić information content (AvgIpc) is 2.94. The SMILES string of the molecule is C=C/C(=C\C(=C/C)CC(=C)N(C)C(=C)SC(=C)CCCCc1ccc(NC(=O)C/C(C)=C/C)nn1)OCCOC. The van der Waals surface area contributed by atoms with Gasteiger partial charge in [0, 0.05) is 32.7 Å². The Morgan fingerprint density at radius 1 is 1.10 bits per heavy atom. The molecule has 1 amide bonds. The fourth-order valence-electron chi connectivity index (χ4n) is 3.37. The summed E-state index contributed by atoms with van der Waals surface area (Å²) in [5, 5.41) is 12.0. The van der Waals surface area contributed by atoms with Gasteiger partial charge in [-0.2, -0.15) is 5.10 Å². The van der Waals surface area contributed by atoms with Gasteiger partial charge < -0.3 is 19.7 Å². The lowest BCUT2D eigenvalue weighted by Gasteiger charge is -2.24. The number of nitrogens with one attached hydrogen (secondary N) is 1. The van der Waals surface area contributed by atoms with Gasteiger partial charge in [0.25, 0.3) is 0 Å². The molecule has 1 aromatic heterocycles. The van der Waals surface area contributed by atoms with Crippen LogP contribution in [0, 0.1) is 0 Å². The number of anilines is 1. The zero-order chi connectivity index (χ0) is 29.9.